The maximum Gasteiger partial charge on any atom is 0.318 e. The van der Waals surface area contributed by atoms with E-state index in [0.717, 1.165) is 17.0 Å². The largest absolute Gasteiger partial charge is 0.347 e. The third kappa shape index (κ3) is 4.84. The predicted octanol–water partition coefficient (Wildman–Crippen LogP) is 2.33. The molecule has 0 spiro atoms. The van der Waals surface area contributed by atoms with E-state index in [2.05, 4.69) is 15.5 Å². The van der Waals surface area contributed by atoms with Crippen LogP contribution in [-0.4, -0.2) is 59.1 Å². The molecule has 140 valence electrons. The van der Waals surface area contributed by atoms with Gasteiger partial charge in [-0.2, -0.15) is 5.10 Å². The molecule has 0 aliphatic heterocycles. The van der Waals surface area contributed by atoms with Gasteiger partial charge in [0.05, 0.1) is 17.9 Å². The normalized spacial score (nSPS) is 11.9. The molecule has 0 radical (unpaired) electrons. The fraction of sp³-hybridized carbons (Fsp3) is 0.421. The van der Waals surface area contributed by atoms with Crippen molar-refractivity contribution >= 4 is 11.9 Å². The quantitative estimate of drug-likeness (QED) is 0.832. The number of carbonyl (C=O) groups is 2. The van der Waals surface area contributed by atoms with Gasteiger partial charge in [-0.1, -0.05) is 44.2 Å². The number of hydrogen-bond donors (Lipinski definition) is 2. The molecule has 7 heteroatoms. The average molecular weight is 357 g/mol. The lowest BCUT2D eigenvalue weighted by Gasteiger charge is -2.27. The summed E-state index contributed by atoms with van der Waals surface area (Å²) < 4.78 is 0. The molecule has 2 aromatic rings. The second-order valence-corrected chi connectivity index (χ2v) is 6.90. The predicted molar refractivity (Wildman–Crippen MR) is 101 cm³/mol. The lowest BCUT2D eigenvalue weighted by Crippen LogP contribution is -2.52. The van der Waals surface area contributed by atoms with Crippen LogP contribution in [0.5, 0.6) is 0 Å². The summed E-state index contributed by atoms with van der Waals surface area (Å²) in [4.78, 5) is 27.7. The van der Waals surface area contributed by atoms with Crippen LogP contribution in [0.15, 0.2) is 36.4 Å². The van der Waals surface area contributed by atoms with Crippen LogP contribution < -0.4 is 5.32 Å². The van der Waals surface area contributed by atoms with Crippen LogP contribution in [0.25, 0.3) is 11.3 Å². The van der Waals surface area contributed by atoms with E-state index in [4.69, 9.17) is 0 Å². The third-order valence-electron chi connectivity index (χ3n) is 4.11. The Kier molecular flexibility index (Phi) is 6.38. The molecule has 0 bridgehead atoms. The van der Waals surface area contributed by atoms with Crippen molar-refractivity contribution < 1.29 is 9.59 Å². The van der Waals surface area contributed by atoms with Crippen molar-refractivity contribution in [3.05, 3.63) is 42.1 Å². The smallest absolute Gasteiger partial charge is 0.318 e. The Balaban J connectivity index is 2.00. The van der Waals surface area contributed by atoms with Gasteiger partial charge in [0.2, 0.25) is 5.91 Å². The second-order valence-electron chi connectivity index (χ2n) is 6.90. The van der Waals surface area contributed by atoms with Crippen LogP contribution in [0.2, 0.25) is 0 Å². The number of aromatic amines is 1. The highest BCUT2D eigenvalue weighted by molar-refractivity contribution is 5.87. The molecule has 2 rings (SSSR count). The van der Waals surface area contributed by atoms with E-state index in [9.17, 15) is 9.59 Å². The first kappa shape index (κ1) is 19.5. The van der Waals surface area contributed by atoms with Gasteiger partial charge >= 0.3 is 6.03 Å². The van der Waals surface area contributed by atoms with Crippen LogP contribution in [0.3, 0.4) is 0 Å². The number of nitrogens with one attached hydrogen (secondary N) is 2. The number of amides is 3. The summed E-state index contributed by atoms with van der Waals surface area (Å²) in [5.41, 5.74) is 2.66. The molecule has 2 N–H and O–H groups in total. The van der Waals surface area contributed by atoms with Crippen molar-refractivity contribution in [3.8, 4) is 11.3 Å². The molecule has 1 atom stereocenters. The first-order valence-corrected chi connectivity index (χ1v) is 8.62. The van der Waals surface area contributed by atoms with Gasteiger partial charge in [0.15, 0.2) is 0 Å². The second kappa shape index (κ2) is 8.51. The first-order valence-electron chi connectivity index (χ1n) is 8.62. The summed E-state index contributed by atoms with van der Waals surface area (Å²) >= 11 is 0. The lowest BCUT2D eigenvalue weighted by atomic mass is 10.0. The standard InChI is InChI=1S/C19H27N5O2/c1-13(2)17(18(25)23(3)4)20-19(26)24(5)12-15-11-16(22-21-15)14-9-7-6-8-10-14/h6-11,13,17H,12H2,1-5H3,(H,20,26)(H,21,22). The molecule has 26 heavy (non-hydrogen) atoms. The first-order chi connectivity index (χ1) is 12.3. The molecule has 0 saturated heterocycles. The lowest BCUT2D eigenvalue weighted by molar-refractivity contribution is -0.131. The summed E-state index contributed by atoms with van der Waals surface area (Å²) in [6.07, 6.45) is 0. The minimum Gasteiger partial charge on any atom is -0.347 e. The van der Waals surface area contributed by atoms with E-state index >= 15 is 0 Å². The molecular formula is C19H27N5O2. The van der Waals surface area contributed by atoms with Crippen LogP contribution in [-0.2, 0) is 11.3 Å². The van der Waals surface area contributed by atoms with Gasteiger partial charge in [-0.05, 0) is 12.0 Å². The maximum atomic E-state index is 12.5. The number of likely N-dealkylation sites (N-methyl/N-ethyl adjacent to an activating group) is 1. The Morgan fingerprint density at radius 3 is 2.38 bits per heavy atom. The van der Waals surface area contributed by atoms with Gasteiger partial charge in [-0.3, -0.25) is 9.89 Å². The zero-order valence-corrected chi connectivity index (χ0v) is 16.0. The summed E-state index contributed by atoms with van der Waals surface area (Å²) in [5.74, 6) is -0.117. The van der Waals surface area contributed by atoms with E-state index in [-0.39, 0.29) is 17.9 Å². The maximum absolute atomic E-state index is 12.5. The van der Waals surface area contributed by atoms with Crippen molar-refractivity contribution in [3.63, 3.8) is 0 Å². The third-order valence-corrected chi connectivity index (χ3v) is 4.11. The van der Waals surface area contributed by atoms with Gasteiger partial charge < -0.3 is 15.1 Å². The summed E-state index contributed by atoms with van der Waals surface area (Å²) in [7, 11) is 5.06. The van der Waals surface area contributed by atoms with Gasteiger partial charge in [-0.25, -0.2) is 4.79 Å². The molecule has 1 aromatic heterocycles. The molecule has 1 unspecified atom stereocenters. The summed E-state index contributed by atoms with van der Waals surface area (Å²) in [5, 5.41) is 10.1. The Morgan fingerprint density at radius 2 is 1.81 bits per heavy atom. The van der Waals surface area contributed by atoms with Crippen LogP contribution in [0, 0.1) is 5.92 Å². The van der Waals surface area contributed by atoms with E-state index < -0.39 is 6.04 Å². The highest BCUT2D eigenvalue weighted by Gasteiger charge is 2.26. The Labute approximate surface area is 154 Å². The van der Waals surface area contributed by atoms with E-state index in [1.807, 2.05) is 50.2 Å². The SMILES string of the molecule is CC(C)C(NC(=O)N(C)Cc1cc(-c2ccccc2)n[nH]1)C(=O)N(C)C. The Hall–Kier alpha value is -2.83. The zero-order chi connectivity index (χ0) is 19.3. The zero-order valence-electron chi connectivity index (χ0n) is 16.0. The van der Waals surface area contributed by atoms with Crippen LogP contribution in [0.1, 0.15) is 19.5 Å². The van der Waals surface area contributed by atoms with E-state index in [0.29, 0.717) is 6.54 Å². The van der Waals surface area contributed by atoms with Crippen molar-refractivity contribution in [2.75, 3.05) is 21.1 Å². The van der Waals surface area contributed by atoms with E-state index in [1.165, 1.54) is 9.80 Å². The Bertz CT molecular complexity index is 739. The van der Waals surface area contributed by atoms with Gasteiger partial charge in [0, 0.05) is 26.7 Å². The minimum atomic E-state index is -0.554. The fourth-order valence-electron chi connectivity index (χ4n) is 2.56. The molecule has 7 nitrogen and oxygen atoms in total. The highest BCUT2D eigenvalue weighted by Crippen LogP contribution is 2.17. The number of urea groups is 1. The number of H-pyrrole nitrogens is 1. The molecule has 1 heterocycles. The molecular weight excluding hydrogens is 330 g/mol. The minimum absolute atomic E-state index is 0.000845. The molecule has 0 aliphatic rings. The number of benzene rings is 1. The number of carbonyl (C=O) groups excluding carboxylic acids is 2. The topological polar surface area (TPSA) is 81.3 Å². The average Bonchev–Trinajstić information content (AvgIpc) is 3.07. The van der Waals surface area contributed by atoms with Crippen LogP contribution in [0.4, 0.5) is 4.79 Å². The summed E-state index contributed by atoms with van der Waals surface area (Å²) in [6.45, 7) is 4.19. The molecule has 0 aliphatic carbocycles. The summed E-state index contributed by atoms with van der Waals surface area (Å²) in [6, 6.07) is 10.9. The molecule has 0 saturated carbocycles. The van der Waals surface area contributed by atoms with Gasteiger partial charge in [0.1, 0.15) is 6.04 Å². The van der Waals surface area contributed by atoms with Gasteiger partial charge in [-0.15, -0.1) is 0 Å². The van der Waals surface area contributed by atoms with Crippen molar-refractivity contribution in [1.82, 2.24) is 25.3 Å². The number of hydrogen-bond acceptors (Lipinski definition) is 3. The van der Waals surface area contributed by atoms with Crippen molar-refractivity contribution in [2.24, 2.45) is 5.92 Å². The monoisotopic (exact) mass is 357 g/mol. The molecule has 1 aromatic carbocycles. The molecule has 3 amide bonds. The molecule has 0 fully saturated rings. The van der Waals surface area contributed by atoms with Gasteiger partial charge in [0.25, 0.3) is 0 Å². The van der Waals surface area contributed by atoms with E-state index in [1.54, 1.807) is 21.1 Å². The number of aromatic nitrogens is 2. The number of nitrogens with zero attached hydrogens (tertiary/aromatic N) is 3. The highest BCUT2D eigenvalue weighted by atomic mass is 16.2. The van der Waals surface area contributed by atoms with Crippen molar-refractivity contribution in [1.29, 1.82) is 0 Å². The number of rotatable bonds is 6. The Morgan fingerprint density at radius 1 is 1.15 bits per heavy atom. The van der Waals surface area contributed by atoms with Crippen molar-refractivity contribution in [2.45, 2.75) is 26.4 Å². The van der Waals surface area contributed by atoms with Crippen LogP contribution >= 0.6 is 0 Å². The fourth-order valence-corrected chi connectivity index (χ4v) is 2.56.